The van der Waals surface area contributed by atoms with Gasteiger partial charge >= 0.3 is 5.97 Å². The van der Waals surface area contributed by atoms with Gasteiger partial charge in [0.15, 0.2) is 0 Å². The van der Waals surface area contributed by atoms with Crippen molar-refractivity contribution in [2.45, 2.75) is 13.0 Å². The summed E-state index contributed by atoms with van der Waals surface area (Å²) in [5.74, 6) is -0.802. The van der Waals surface area contributed by atoms with E-state index in [1.54, 1.807) is 42.5 Å². The van der Waals surface area contributed by atoms with E-state index in [4.69, 9.17) is 4.74 Å². The number of benzene rings is 4. The van der Waals surface area contributed by atoms with E-state index in [0.717, 1.165) is 18.7 Å². The van der Waals surface area contributed by atoms with Gasteiger partial charge in [-0.1, -0.05) is 66.7 Å². The van der Waals surface area contributed by atoms with Gasteiger partial charge in [-0.05, 0) is 67.5 Å². The highest BCUT2D eigenvalue weighted by Gasteiger charge is 2.29. The first-order valence-electron chi connectivity index (χ1n) is 14.5. The van der Waals surface area contributed by atoms with Crippen LogP contribution in [0, 0.1) is 0 Å². The minimum Gasteiger partial charge on any atom is -0.465 e. The maximum Gasteiger partial charge on any atom is 0.337 e. The van der Waals surface area contributed by atoms with Gasteiger partial charge in [-0.2, -0.15) is 0 Å². The van der Waals surface area contributed by atoms with Crippen LogP contribution in [0.4, 0.5) is 17.1 Å². The van der Waals surface area contributed by atoms with Gasteiger partial charge < -0.3 is 20.3 Å². The quantitative estimate of drug-likeness (QED) is 0.154. The maximum atomic E-state index is 13.3. The van der Waals surface area contributed by atoms with Crippen LogP contribution < -0.4 is 14.9 Å². The molecule has 2 N–H and O–H groups in total. The molecule has 0 spiro atoms. The van der Waals surface area contributed by atoms with E-state index in [-0.39, 0.29) is 5.91 Å². The van der Waals surface area contributed by atoms with Crippen LogP contribution in [-0.4, -0.2) is 58.7 Å². The lowest BCUT2D eigenvalue weighted by molar-refractivity contribution is -0.110. The van der Waals surface area contributed by atoms with Crippen LogP contribution in [0.25, 0.3) is 11.3 Å². The third-order valence-corrected chi connectivity index (χ3v) is 8.71. The summed E-state index contributed by atoms with van der Waals surface area (Å²) >= 11 is 0. The first-order valence-corrected chi connectivity index (χ1v) is 16.4. The van der Waals surface area contributed by atoms with Gasteiger partial charge in [0, 0.05) is 24.3 Å². The Morgan fingerprint density at radius 2 is 1.53 bits per heavy atom. The molecule has 0 radical (unpaired) electrons. The molecule has 0 saturated carbocycles. The van der Waals surface area contributed by atoms with Crippen molar-refractivity contribution in [3.05, 3.63) is 125 Å². The standard InChI is InChI=1S/C35H36N4O5S/c1-38(24-25-11-6-4-7-12-25)21-10-22-39(45(3,42)43)29-18-16-28(17-19-29)36-33(26-13-8-5-9-14-26)32-30-20-15-27(35(41)44-2)23-31(30)37-34(32)40/h4-9,11-20,23,36H,10,21-22,24H2,1-3H3,(H,37,40). The largest absolute Gasteiger partial charge is 0.465 e. The van der Waals surface area contributed by atoms with E-state index in [0.29, 0.717) is 52.4 Å². The minimum absolute atomic E-state index is 0.310. The molecule has 0 aliphatic carbocycles. The highest BCUT2D eigenvalue weighted by atomic mass is 32.2. The predicted octanol–water partition coefficient (Wildman–Crippen LogP) is 5.69. The highest BCUT2D eigenvalue weighted by Crippen LogP contribution is 2.38. The molecule has 45 heavy (non-hydrogen) atoms. The van der Waals surface area contributed by atoms with E-state index in [2.05, 4.69) is 27.7 Å². The van der Waals surface area contributed by atoms with Crippen LogP contribution in [0.5, 0.6) is 0 Å². The van der Waals surface area contributed by atoms with E-state index in [1.807, 2.05) is 55.6 Å². The molecular weight excluding hydrogens is 588 g/mol. The van der Waals surface area contributed by atoms with E-state index in [1.165, 1.54) is 23.2 Å². The number of fused-ring (bicyclic) bond motifs is 1. The molecule has 1 aliphatic heterocycles. The van der Waals surface area contributed by atoms with Crippen LogP contribution in [0.2, 0.25) is 0 Å². The zero-order valence-corrected chi connectivity index (χ0v) is 26.3. The zero-order valence-electron chi connectivity index (χ0n) is 25.5. The molecule has 1 heterocycles. The summed E-state index contributed by atoms with van der Waals surface area (Å²) in [7, 11) is -0.185. The van der Waals surface area contributed by atoms with Gasteiger partial charge in [0.1, 0.15) is 0 Å². The first kappa shape index (κ1) is 31.5. The second kappa shape index (κ2) is 13.8. The van der Waals surface area contributed by atoms with Crippen molar-refractivity contribution in [2.24, 2.45) is 0 Å². The number of methoxy groups -OCH3 is 1. The van der Waals surface area contributed by atoms with E-state index < -0.39 is 16.0 Å². The van der Waals surface area contributed by atoms with Crippen LogP contribution in [-0.2, 0) is 26.1 Å². The predicted molar refractivity (Wildman–Crippen MR) is 179 cm³/mol. The number of carbonyl (C=O) groups is 2. The van der Waals surface area contributed by atoms with Gasteiger partial charge in [-0.25, -0.2) is 13.2 Å². The number of hydrogen-bond donors (Lipinski definition) is 2. The van der Waals surface area contributed by atoms with Gasteiger partial charge in [0.25, 0.3) is 5.91 Å². The summed E-state index contributed by atoms with van der Waals surface area (Å²) in [5.41, 5.74) is 5.72. The fourth-order valence-electron chi connectivity index (χ4n) is 5.35. The number of rotatable bonds is 12. The fraction of sp³-hybridized carbons (Fsp3) is 0.200. The SMILES string of the molecule is COC(=O)c1ccc2c(c1)NC(=O)C2=C(Nc1ccc(N(CCCN(C)Cc2ccccc2)S(C)(=O)=O)cc1)c1ccccc1. The molecule has 5 rings (SSSR count). The summed E-state index contributed by atoms with van der Waals surface area (Å²) in [6.45, 7) is 1.86. The number of amides is 1. The first-order chi connectivity index (χ1) is 21.6. The van der Waals surface area contributed by atoms with Gasteiger partial charge in [-0.3, -0.25) is 9.10 Å². The summed E-state index contributed by atoms with van der Waals surface area (Å²) in [6.07, 6.45) is 1.87. The average molecular weight is 625 g/mol. The number of nitrogens with one attached hydrogen (secondary N) is 2. The molecule has 0 unspecified atom stereocenters. The van der Waals surface area contributed by atoms with Gasteiger partial charge in [0.05, 0.1) is 41.6 Å². The van der Waals surface area contributed by atoms with Crippen molar-refractivity contribution in [3.8, 4) is 0 Å². The summed E-state index contributed by atoms with van der Waals surface area (Å²) in [6, 6.07) is 31.7. The Morgan fingerprint density at radius 3 is 2.18 bits per heavy atom. The number of carbonyl (C=O) groups excluding carboxylic acids is 2. The Hall–Kier alpha value is -4.93. The molecular formula is C35H36N4O5S. The molecule has 4 aromatic carbocycles. The third kappa shape index (κ3) is 7.60. The van der Waals surface area contributed by atoms with E-state index >= 15 is 0 Å². The molecule has 9 nitrogen and oxygen atoms in total. The molecule has 0 bridgehead atoms. The second-order valence-electron chi connectivity index (χ2n) is 10.9. The number of nitrogens with zero attached hydrogens (tertiary/aromatic N) is 2. The smallest absolute Gasteiger partial charge is 0.337 e. The maximum absolute atomic E-state index is 13.3. The van der Waals surface area contributed by atoms with Crippen molar-refractivity contribution >= 4 is 50.2 Å². The molecule has 0 atom stereocenters. The van der Waals surface area contributed by atoms with Gasteiger partial charge in [0.2, 0.25) is 10.0 Å². The Labute approximate surface area is 264 Å². The van der Waals surface area contributed by atoms with Crippen LogP contribution in [0.1, 0.15) is 33.5 Å². The molecule has 10 heteroatoms. The Kier molecular flexibility index (Phi) is 9.65. The lowest BCUT2D eigenvalue weighted by Crippen LogP contribution is -2.33. The van der Waals surface area contributed by atoms with Crippen molar-refractivity contribution in [2.75, 3.05) is 48.4 Å². The summed E-state index contributed by atoms with van der Waals surface area (Å²) < 4.78 is 31.8. The molecule has 232 valence electrons. The van der Waals surface area contributed by atoms with Crippen molar-refractivity contribution < 1.29 is 22.7 Å². The number of hydrogen-bond acceptors (Lipinski definition) is 7. The van der Waals surface area contributed by atoms with Crippen molar-refractivity contribution in [3.63, 3.8) is 0 Å². The van der Waals surface area contributed by atoms with Gasteiger partial charge in [-0.15, -0.1) is 0 Å². The second-order valence-corrected chi connectivity index (χ2v) is 12.8. The van der Waals surface area contributed by atoms with E-state index in [9.17, 15) is 18.0 Å². The number of ether oxygens (including phenoxy) is 1. The lowest BCUT2D eigenvalue weighted by Gasteiger charge is -2.24. The molecule has 4 aromatic rings. The fourth-order valence-corrected chi connectivity index (χ4v) is 6.32. The number of esters is 1. The van der Waals surface area contributed by atoms with Crippen molar-refractivity contribution in [1.82, 2.24) is 4.90 Å². The molecule has 0 aromatic heterocycles. The van der Waals surface area contributed by atoms with Crippen LogP contribution >= 0.6 is 0 Å². The van der Waals surface area contributed by atoms with Crippen LogP contribution in [0.15, 0.2) is 103 Å². The number of sulfonamides is 1. The Morgan fingerprint density at radius 1 is 0.867 bits per heavy atom. The summed E-state index contributed by atoms with van der Waals surface area (Å²) in [4.78, 5) is 27.5. The Bertz CT molecular complexity index is 1810. The van der Waals surface area contributed by atoms with Crippen LogP contribution in [0.3, 0.4) is 0 Å². The normalized spacial score (nSPS) is 13.6. The molecule has 1 amide bonds. The Balaban J connectivity index is 1.37. The lowest BCUT2D eigenvalue weighted by atomic mass is 9.99. The molecule has 0 fully saturated rings. The van der Waals surface area contributed by atoms with Crippen molar-refractivity contribution in [1.29, 1.82) is 0 Å². The molecule has 1 aliphatic rings. The highest BCUT2D eigenvalue weighted by molar-refractivity contribution is 7.92. The summed E-state index contributed by atoms with van der Waals surface area (Å²) in [5, 5.41) is 6.26. The number of anilines is 3. The minimum atomic E-state index is -3.52. The third-order valence-electron chi connectivity index (χ3n) is 7.52. The average Bonchev–Trinajstić information content (AvgIpc) is 3.36. The zero-order chi connectivity index (χ0) is 32.0. The topological polar surface area (TPSA) is 108 Å². The molecule has 0 saturated heterocycles. The monoisotopic (exact) mass is 624 g/mol.